The summed E-state index contributed by atoms with van der Waals surface area (Å²) < 4.78 is 0. The van der Waals surface area contributed by atoms with Gasteiger partial charge in [0.05, 0.1) is 0 Å². The van der Waals surface area contributed by atoms with Crippen LogP contribution >= 0.6 is 0 Å². The quantitative estimate of drug-likeness (QED) is 0.391. The molecule has 0 aromatic heterocycles. The molecular weight excluding hydrogens is 312 g/mol. The van der Waals surface area contributed by atoms with Crippen LogP contribution in [0, 0.1) is 19.8 Å². The van der Waals surface area contributed by atoms with Crippen molar-refractivity contribution < 1.29 is 0 Å². The van der Waals surface area contributed by atoms with Gasteiger partial charge in [-0.2, -0.15) is 0 Å². The molecule has 0 fully saturated rings. The van der Waals surface area contributed by atoms with Gasteiger partial charge in [-0.1, -0.05) is 70.0 Å². The number of unbranched alkanes of at least 4 members (excludes halogenated alkanes) is 1. The van der Waals surface area contributed by atoms with Crippen LogP contribution in [0.2, 0.25) is 0 Å². The van der Waals surface area contributed by atoms with E-state index in [2.05, 4.69) is 71.0 Å². The van der Waals surface area contributed by atoms with Crippen LogP contribution in [0.1, 0.15) is 79.8 Å². The third-order valence-corrected chi connectivity index (χ3v) is 6.02. The minimum Gasteiger partial charge on any atom is -0.0625 e. The summed E-state index contributed by atoms with van der Waals surface area (Å²) in [5.74, 6) is 0.823. The molecular formula is C26H38. The van der Waals surface area contributed by atoms with Crippen LogP contribution in [0.4, 0.5) is 0 Å². The zero-order valence-electron chi connectivity index (χ0n) is 17.7. The Labute approximate surface area is 162 Å². The SMILES string of the molecule is CCc1c(C)cccc1CCCCC(C)CCc1cccc(C)c1CC. The first kappa shape index (κ1) is 20.7. The highest BCUT2D eigenvalue weighted by Crippen LogP contribution is 2.22. The second-order valence-electron chi connectivity index (χ2n) is 8.02. The highest BCUT2D eigenvalue weighted by molar-refractivity contribution is 5.35. The van der Waals surface area contributed by atoms with Gasteiger partial charge in [0.2, 0.25) is 0 Å². The van der Waals surface area contributed by atoms with Gasteiger partial charge in [0.1, 0.15) is 0 Å². The van der Waals surface area contributed by atoms with Crippen LogP contribution in [0.5, 0.6) is 0 Å². The van der Waals surface area contributed by atoms with Crippen LogP contribution in [0.15, 0.2) is 36.4 Å². The molecule has 142 valence electrons. The molecule has 0 heterocycles. The number of hydrogen-bond acceptors (Lipinski definition) is 0. The fraction of sp³-hybridized carbons (Fsp3) is 0.538. The molecule has 0 radical (unpaired) electrons. The summed E-state index contributed by atoms with van der Waals surface area (Å²) in [6.45, 7) is 11.5. The van der Waals surface area contributed by atoms with Gasteiger partial charge in [-0.05, 0) is 91.7 Å². The molecule has 2 aromatic rings. The van der Waals surface area contributed by atoms with Gasteiger partial charge >= 0.3 is 0 Å². The van der Waals surface area contributed by atoms with Gasteiger partial charge in [-0.15, -0.1) is 0 Å². The Hall–Kier alpha value is -1.56. The van der Waals surface area contributed by atoms with Crippen LogP contribution in [0.25, 0.3) is 0 Å². The van der Waals surface area contributed by atoms with E-state index in [1.165, 1.54) is 49.7 Å². The topological polar surface area (TPSA) is 0 Å². The first-order valence-electron chi connectivity index (χ1n) is 10.7. The van der Waals surface area contributed by atoms with E-state index < -0.39 is 0 Å². The molecule has 26 heavy (non-hydrogen) atoms. The first-order valence-corrected chi connectivity index (χ1v) is 10.7. The maximum absolute atomic E-state index is 2.44. The second kappa shape index (κ2) is 10.6. The monoisotopic (exact) mass is 350 g/mol. The van der Waals surface area contributed by atoms with E-state index in [9.17, 15) is 0 Å². The van der Waals surface area contributed by atoms with Crippen LogP contribution < -0.4 is 0 Å². The molecule has 1 unspecified atom stereocenters. The van der Waals surface area contributed by atoms with E-state index in [1.807, 2.05) is 0 Å². The third-order valence-electron chi connectivity index (χ3n) is 6.02. The van der Waals surface area contributed by atoms with Crippen molar-refractivity contribution in [1.82, 2.24) is 0 Å². The van der Waals surface area contributed by atoms with E-state index in [4.69, 9.17) is 0 Å². The molecule has 0 amide bonds. The zero-order valence-corrected chi connectivity index (χ0v) is 17.7. The van der Waals surface area contributed by atoms with Crippen molar-refractivity contribution in [2.45, 2.75) is 86.0 Å². The molecule has 0 N–H and O–H groups in total. The molecule has 0 aliphatic carbocycles. The van der Waals surface area contributed by atoms with Crippen molar-refractivity contribution in [3.05, 3.63) is 69.8 Å². The zero-order chi connectivity index (χ0) is 18.9. The first-order chi connectivity index (χ1) is 12.6. The van der Waals surface area contributed by atoms with Crippen molar-refractivity contribution in [1.29, 1.82) is 0 Å². The summed E-state index contributed by atoms with van der Waals surface area (Å²) >= 11 is 0. The second-order valence-corrected chi connectivity index (χ2v) is 8.02. The smallest absolute Gasteiger partial charge is 0.0274 e. The lowest BCUT2D eigenvalue weighted by Crippen LogP contribution is -2.02. The van der Waals surface area contributed by atoms with E-state index >= 15 is 0 Å². The standard InChI is InChI=1S/C26H38/c1-6-25-21(4)13-10-16-23(25)15-9-8-12-20(3)18-19-24-17-11-14-22(5)26(24)7-2/h10-11,13-14,16-17,20H,6-9,12,15,18-19H2,1-5H3. The summed E-state index contributed by atoms with van der Waals surface area (Å²) in [6.07, 6.45) is 10.2. The summed E-state index contributed by atoms with van der Waals surface area (Å²) in [5, 5.41) is 0. The summed E-state index contributed by atoms with van der Waals surface area (Å²) in [7, 11) is 0. The average Bonchev–Trinajstić information content (AvgIpc) is 2.63. The van der Waals surface area contributed by atoms with Crippen LogP contribution in [-0.2, 0) is 25.7 Å². The van der Waals surface area contributed by atoms with Crippen molar-refractivity contribution in [3.63, 3.8) is 0 Å². The fourth-order valence-corrected chi connectivity index (χ4v) is 4.36. The molecule has 2 rings (SSSR count). The highest BCUT2D eigenvalue weighted by atomic mass is 14.1. The largest absolute Gasteiger partial charge is 0.0625 e. The minimum atomic E-state index is 0.823. The normalized spacial score (nSPS) is 12.3. The molecule has 0 bridgehead atoms. The van der Waals surface area contributed by atoms with Gasteiger partial charge in [0.25, 0.3) is 0 Å². The fourth-order valence-electron chi connectivity index (χ4n) is 4.36. The Kier molecular flexibility index (Phi) is 8.42. The van der Waals surface area contributed by atoms with E-state index in [1.54, 1.807) is 22.3 Å². The Morgan fingerprint density at radius 3 is 1.77 bits per heavy atom. The number of aryl methyl sites for hydroxylation is 4. The van der Waals surface area contributed by atoms with Crippen LogP contribution in [0.3, 0.4) is 0 Å². The highest BCUT2D eigenvalue weighted by Gasteiger charge is 2.08. The average molecular weight is 351 g/mol. The molecule has 0 aliphatic heterocycles. The Morgan fingerprint density at radius 1 is 0.692 bits per heavy atom. The number of hydrogen-bond donors (Lipinski definition) is 0. The van der Waals surface area contributed by atoms with Gasteiger partial charge < -0.3 is 0 Å². The minimum absolute atomic E-state index is 0.823. The molecule has 0 heteroatoms. The molecule has 0 saturated heterocycles. The van der Waals surface area contributed by atoms with Crippen molar-refractivity contribution in [3.8, 4) is 0 Å². The predicted octanol–water partition coefficient (Wildman–Crippen LogP) is 7.41. The Bertz CT molecular complexity index is 680. The van der Waals surface area contributed by atoms with Gasteiger partial charge in [0, 0.05) is 0 Å². The lowest BCUT2D eigenvalue weighted by molar-refractivity contribution is 0.465. The molecule has 0 spiro atoms. The number of benzene rings is 2. The molecule has 1 atom stereocenters. The lowest BCUT2D eigenvalue weighted by atomic mass is 9.91. The van der Waals surface area contributed by atoms with Gasteiger partial charge in [0.15, 0.2) is 0 Å². The molecule has 0 saturated carbocycles. The Morgan fingerprint density at radius 2 is 1.23 bits per heavy atom. The maximum Gasteiger partial charge on any atom is -0.0274 e. The van der Waals surface area contributed by atoms with Gasteiger partial charge in [-0.25, -0.2) is 0 Å². The van der Waals surface area contributed by atoms with Crippen molar-refractivity contribution in [2.75, 3.05) is 0 Å². The maximum atomic E-state index is 2.44. The third kappa shape index (κ3) is 5.73. The summed E-state index contributed by atoms with van der Waals surface area (Å²) in [4.78, 5) is 0. The van der Waals surface area contributed by atoms with Crippen LogP contribution in [-0.4, -0.2) is 0 Å². The molecule has 2 aromatic carbocycles. The molecule has 0 nitrogen and oxygen atoms in total. The lowest BCUT2D eigenvalue weighted by Gasteiger charge is -2.15. The van der Waals surface area contributed by atoms with Gasteiger partial charge in [-0.3, -0.25) is 0 Å². The molecule has 0 aliphatic rings. The summed E-state index contributed by atoms with van der Waals surface area (Å²) in [5.41, 5.74) is 9.23. The van der Waals surface area contributed by atoms with E-state index in [0.717, 1.165) is 18.8 Å². The van der Waals surface area contributed by atoms with E-state index in [0.29, 0.717) is 0 Å². The van der Waals surface area contributed by atoms with E-state index in [-0.39, 0.29) is 0 Å². The Balaban J connectivity index is 1.75. The predicted molar refractivity (Wildman–Crippen MR) is 116 cm³/mol. The summed E-state index contributed by atoms with van der Waals surface area (Å²) in [6, 6.07) is 13.6. The number of rotatable bonds is 10. The van der Waals surface area contributed by atoms with Crippen molar-refractivity contribution >= 4 is 0 Å². The van der Waals surface area contributed by atoms with Crippen molar-refractivity contribution in [2.24, 2.45) is 5.92 Å².